The summed E-state index contributed by atoms with van der Waals surface area (Å²) in [5.41, 5.74) is 3.79. The highest BCUT2D eigenvalue weighted by molar-refractivity contribution is 7.17. The Labute approximate surface area is 175 Å². The van der Waals surface area contributed by atoms with Crippen LogP contribution >= 0.6 is 11.3 Å². The van der Waals surface area contributed by atoms with E-state index < -0.39 is 0 Å². The van der Waals surface area contributed by atoms with Gasteiger partial charge in [-0.2, -0.15) is 0 Å². The molecular formula is C23H26N4OS. The Balaban J connectivity index is 1.20. The Bertz CT molecular complexity index is 1040. The molecular weight excluding hydrogens is 380 g/mol. The van der Waals surface area contributed by atoms with E-state index in [2.05, 4.69) is 51.4 Å². The van der Waals surface area contributed by atoms with Gasteiger partial charge < -0.3 is 14.9 Å². The predicted molar refractivity (Wildman–Crippen MR) is 122 cm³/mol. The molecule has 0 unspecified atom stereocenters. The van der Waals surface area contributed by atoms with Gasteiger partial charge in [0.05, 0.1) is 0 Å². The quantitative estimate of drug-likeness (QED) is 0.819. The average molecular weight is 407 g/mol. The monoisotopic (exact) mass is 406 g/mol. The van der Waals surface area contributed by atoms with Crippen LogP contribution in [-0.2, 0) is 0 Å². The molecule has 3 aliphatic heterocycles. The van der Waals surface area contributed by atoms with Crippen molar-refractivity contribution < 1.29 is 5.11 Å². The second-order valence-electron chi connectivity index (χ2n) is 7.83. The topological polar surface area (TPSA) is 42.3 Å². The number of hydrogen-bond donors (Lipinski definition) is 1. The van der Waals surface area contributed by atoms with Crippen LogP contribution in [0.1, 0.15) is 13.3 Å². The molecule has 0 bridgehead atoms. The van der Waals surface area contributed by atoms with Crippen molar-refractivity contribution >= 4 is 32.9 Å². The van der Waals surface area contributed by atoms with Gasteiger partial charge in [-0.25, -0.2) is 4.99 Å². The van der Waals surface area contributed by atoms with Gasteiger partial charge in [-0.05, 0) is 54.6 Å². The summed E-state index contributed by atoms with van der Waals surface area (Å²) in [4.78, 5) is 11.8. The van der Waals surface area contributed by atoms with Crippen molar-refractivity contribution in [3.8, 4) is 0 Å². The molecule has 0 amide bonds. The first-order chi connectivity index (χ1) is 14.2. The number of fused-ring (bicyclic) bond motifs is 2. The van der Waals surface area contributed by atoms with E-state index in [-0.39, 0.29) is 5.76 Å². The molecule has 6 heteroatoms. The second kappa shape index (κ2) is 7.69. The summed E-state index contributed by atoms with van der Waals surface area (Å²) in [6.07, 6.45) is 6.59. The summed E-state index contributed by atoms with van der Waals surface area (Å²) >= 11 is 1.82. The lowest BCUT2D eigenvalue weighted by Gasteiger charge is -2.37. The predicted octanol–water partition coefficient (Wildman–Crippen LogP) is 4.37. The maximum atomic E-state index is 10.0. The summed E-state index contributed by atoms with van der Waals surface area (Å²) in [5.74, 6) is 0.924. The minimum atomic E-state index is 0.252. The van der Waals surface area contributed by atoms with Gasteiger partial charge >= 0.3 is 0 Å². The Hall–Kier alpha value is -2.57. The van der Waals surface area contributed by atoms with Crippen molar-refractivity contribution in [3.63, 3.8) is 0 Å². The number of aliphatic hydroxyl groups is 1. The van der Waals surface area contributed by atoms with Crippen molar-refractivity contribution in [1.82, 2.24) is 9.80 Å². The fourth-order valence-electron chi connectivity index (χ4n) is 4.36. The molecule has 1 aromatic carbocycles. The average Bonchev–Trinajstić information content (AvgIpc) is 3.22. The number of anilines is 1. The van der Waals surface area contributed by atoms with Gasteiger partial charge in [-0.3, -0.25) is 4.90 Å². The molecule has 1 fully saturated rings. The van der Waals surface area contributed by atoms with Crippen LogP contribution in [0, 0.1) is 0 Å². The van der Waals surface area contributed by atoms with E-state index >= 15 is 0 Å². The van der Waals surface area contributed by atoms with E-state index in [1.54, 1.807) is 6.08 Å². The molecule has 5 rings (SSSR count). The van der Waals surface area contributed by atoms with Crippen molar-refractivity contribution in [2.75, 3.05) is 44.2 Å². The first kappa shape index (κ1) is 18.5. The lowest BCUT2D eigenvalue weighted by Crippen LogP contribution is -2.47. The molecule has 1 aromatic heterocycles. The minimum Gasteiger partial charge on any atom is -0.504 e. The molecule has 0 saturated carbocycles. The van der Waals surface area contributed by atoms with Crippen molar-refractivity contribution in [2.24, 2.45) is 4.99 Å². The fourth-order valence-corrected chi connectivity index (χ4v) is 5.16. The fraction of sp³-hybridized carbons (Fsp3) is 0.348. The first-order valence-corrected chi connectivity index (χ1v) is 11.1. The zero-order valence-electron chi connectivity index (χ0n) is 16.7. The molecule has 5 nitrogen and oxygen atoms in total. The highest BCUT2D eigenvalue weighted by Crippen LogP contribution is 2.31. The van der Waals surface area contributed by atoms with Crippen LogP contribution in [0.15, 0.2) is 70.0 Å². The van der Waals surface area contributed by atoms with Crippen LogP contribution in [-0.4, -0.2) is 60.0 Å². The zero-order valence-corrected chi connectivity index (χ0v) is 17.5. The molecule has 150 valence electrons. The maximum absolute atomic E-state index is 10.0. The Kier molecular flexibility index (Phi) is 4.89. The summed E-state index contributed by atoms with van der Waals surface area (Å²) in [7, 11) is 0. The third-order valence-corrected chi connectivity index (χ3v) is 6.97. The molecule has 0 aliphatic carbocycles. The van der Waals surface area contributed by atoms with Crippen LogP contribution in [0.5, 0.6) is 0 Å². The third-order valence-electron chi connectivity index (χ3n) is 6.08. The number of thiophene rings is 1. The summed E-state index contributed by atoms with van der Waals surface area (Å²) in [6.45, 7) is 8.27. The number of piperazine rings is 1. The highest BCUT2D eigenvalue weighted by atomic mass is 32.1. The van der Waals surface area contributed by atoms with E-state index in [1.165, 1.54) is 21.3 Å². The van der Waals surface area contributed by atoms with Crippen LogP contribution in [0.4, 0.5) is 5.69 Å². The SMILES string of the molecule is CC1=C(CCN2CCN(c3cccc4sccc34)CC2)CN2C=CC=C(O)C2=N1. The lowest BCUT2D eigenvalue weighted by molar-refractivity contribution is 0.259. The normalized spacial score (nSPS) is 20.2. The van der Waals surface area contributed by atoms with Crippen LogP contribution in [0.2, 0.25) is 0 Å². The van der Waals surface area contributed by atoms with Gasteiger partial charge in [0.25, 0.3) is 0 Å². The van der Waals surface area contributed by atoms with Gasteiger partial charge in [-0.1, -0.05) is 6.07 Å². The van der Waals surface area contributed by atoms with E-state index in [4.69, 9.17) is 0 Å². The number of aliphatic imine (C=N–C) groups is 1. The van der Waals surface area contributed by atoms with Crippen LogP contribution in [0.3, 0.4) is 0 Å². The van der Waals surface area contributed by atoms with E-state index in [0.29, 0.717) is 5.84 Å². The number of hydrogen-bond acceptors (Lipinski definition) is 6. The molecule has 2 aromatic rings. The molecule has 29 heavy (non-hydrogen) atoms. The van der Waals surface area contributed by atoms with Crippen molar-refractivity contribution in [2.45, 2.75) is 13.3 Å². The number of nitrogens with zero attached hydrogens (tertiary/aromatic N) is 4. The largest absolute Gasteiger partial charge is 0.504 e. The number of rotatable bonds is 4. The van der Waals surface area contributed by atoms with Gasteiger partial charge in [0, 0.05) is 66.9 Å². The van der Waals surface area contributed by atoms with E-state index in [9.17, 15) is 5.11 Å². The van der Waals surface area contributed by atoms with Crippen molar-refractivity contribution in [3.05, 3.63) is 65.0 Å². The van der Waals surface area contributed by atoms with E-state index in [1.807, 2.05) is 28.5 Å². The minimum absolute atomic E-state index is 0.252. The summed E-state index contributed by atoms with van der Waals surface area (Å²) in [5, 5.41) is 13.6. The molecule has 4 heterocycles. The third kappa shape index (κ3) is 3.58. The number of benzene rings is 1. The van der Waals surface area contributed by atoms with Crippen molar-refractivity contribution in [1.29, 1.82) is 0 Å². The van der Waals surface area contributed by atoms with Gasteiger partial charge in [0.2, 0.25) is 0 Å². The molecule has 3 aliphatic rings. The van der Waals surface area contributed by atoms with Gasteiger partial charge in [-0.15, -0.1) is 11.3 Å². The first-order valence-electron chi connectivity index (χ1n) is 10.2. The standard InChI is InChI=1S/C23H26N4OS/c1-17-18(16-27-9-3-5-21(28)23(27)24-17)7-10-25-11-13-26(14-12-25)20-4-2-6-22-19(20)8-15-29-22/h2-6,8-9,15,28H,7,10-14,16H2,1H3. The highest BCUT2D eigenvalue weighted by Gasteiger charge is 2.24. The molecule has 0 atom stereocenters. The zero-order chi connectivity index (χ0) is 19.8. The second-order valence-corrected chi connectivity index (χ2v) is 8.78. The van der Waals surface area contributed by atoms with E-state index in [0.717, 1.165) is 51.4 Å². The molecule has 1 N–H and O–H groups in total. The van der Waals surface area contributed by atoms with Crippen LogP contribution in [0.25, 0.3) is 10.1 Å². The summed E-state index contributed by atoms with van der Waals surface area (Å²) < 4.78 is 1.37. The Morgan fingerprint density at radius 3 is 2.86 bits per heavy atom. The molecule has 0 spiro atoms. The Morgan fingerprint density at radius 1 is 1.14 bits per heavy atom. The Morgan fingerprint density at radius 2 is 2.00 bits per heavy atom. The smallest absolute Gasteiger partial charge is 0.175 e. The van der Waals surface area contributed by atoms with Crippen LogP contribution < -0.4 is 4.90 Å². The molecule has 1 saturated heterocycles. The maximum Gasteiger partial charge on any atom is 0.175 e. The number of aliphatic hydroxyl groups excluding tert-OH is 1. The summed E-state index contributed by atoms with van der Waals surface area (Å²) in [6, 6.07) is 8.89. The molecule has 0 radical (unpaired) electrons. The number of allylic oxidation sites excluding steroid dienone is 3. The lowest BCUT2D eigenvalue weighted by atomic mass is 10.1. The number of amidine groups is 1. The van der Waals surface area contributed by atoms with Gasteiger partial charge in [0.15, 0.2) is 11.6 Å². The van der Waals surface area contributed by atoms with Gasteiger partial charge in [0.1, 0.15) is 0 Å².